The molecule has 49 heavy (non-hydrogen) atoms. The van der Waals surface area contributed by atoms with Crippen LogP contribution in [0.4, 0.5) is 5.69 Å². The van der Waals surface area contributed by atoms with Crippen LogP contribution in [0.15, 0.2) is 137 Å². The van der Waals surface area contributed by atoms with Gasteiger partial charge in [-0.3, -0.25) is 13.9 Å². The molecule has 0 atom stereocenters. The number of carbonyl (C=O) groups is 1. The molecule has 0 saturated heterocycles. The van der Waals surface area contributed by atoms with Crippen LogP contribution in [0.5, 0.6) is 0 Å². The molecule has 0 aromatic heterocycles. The van der Waals surface area contributed by atoms with Gasteiger partial charge in [0.15, 0.2) is 18.0 Å². The topological polar surface area (TPSA) is 138 Å². The number of ketones is 1. The van der Waals surface area contributed by atoms with Gasteiger partial charge < -0.3 is 9.45 Å². The van der Waals surface area contributed by atoms with Crippen molar-refractivity contribution in [3.05, 3.63) is 154 Å². The molecule has 248 valence electrons. The van der Waals surface area contributed by atoms with Gasteiger partial charge >= 0.3 is 29.6 Å². The third-order valence-corrected chi connectivity index (χ3v) is 9.88. The molecule has 9 nitrogen and oxygen atoms in total. The quantitative estimate of drug-likeness (QED) is 0.142. The molecule has 5 rings (SSSR count). The molecule has 2 aliphatic carbocycles. The summed E-state index contributed by atoms with van der Waals surface area (Å²) < 4.78 is 71.1. The molecule has 0 aliphatic heterocycles. The fourth-order valence-electron chi connectivity index (χ4n) is 5.69. The summed E-state index contributed by atoms with van der Waals surface area (Å²) in [5.74, 6) is -1.15. The van der Waals surface area contributed by atoms with Gasteiger partial charge in [-0.05, 0) is 72.6 Å². The number of benzene rings is 3. The first-order chi connectivity index (χ1) is 22.9. The second-order valence-electron chi connectivity index (χ2n) is 11.2. The van der Waals surface area contributed by atoms with Crippen molar-refractivity contribution in [3.63, 3.8) is 0 Å². The average molecular weight is 708 g/mol. The second-order valence-corrected chi connectivity index (χ2v) is 14.0. The molecular formula is C37H36N2NaO7S2+. The fourth-order valence-corrected chi connectivity index (χ4v) is 7.05. The Bertz CT molecular complexity index is 2120. The summed E-state index contributed by atoms with van der Waals surface area (Å²) in [6.45, 7) is 6.85. The molecule has 0 radical (unpaired) electrons. The molecule has 2 aliphatic rings. The normalized spacial score (nSPS) is 14.6. The summed E-state index contributed by atoms with van der Waals surface area (Å²) in [4.78, 5) is 13.2. The van der Waals surface area contributed by atoms with Crippen molar-refractivity contribution in [2.75, 3.05) is 18.0 Å². The number of anilines is 1. The van der Waals surface area contributed by atoms with Gasteiger partial charge in [0.05, 0.1) is 4.86 Å². The molecule has 3 aromatic rings. The summed E-state index contributed by atoms with van der Waals surface area (Å²) >= 11 is 0. The Hall–Kier alpha value is -3.65. The van der Waals surface area contributed by atoms with Gasteiger partial charge in [-0.25, -0.2) is 17.2 Å². The summed E-state index contributed by atoms with van der Waals surface area (Å²) in [6, 6.07) is 27.4. The van der Waals surface area contributed by atoms with Crippen molar-refractivity contribution in [2.24, 2.45) is 0 Å². The van der Waals surface area contributed by atoms with E-state index in [-0.39, 0.29) is 35.1 Å². The largest absolute Gasteiger partial charge is 1.00 e. The predicted octanol–water partition coefficient (Wildman–Crippen LogP) is 2.61. The number of hydrogen-bond donors (Lipinski definition) is 2. The Balaban J connectivity index is 0.00000541. The van der Waals surface area contributed by atoms with Gasteiger partial charge in [0.2, 0.25) is 10.1 Å². The van der Waals surface area contributed by atoms with Crippen LogP contribution in [0.3, 0.4) is 0 Å². The van der Waals surface area contributed by atoms with Gasteiger partial charge in [0.1, 0.15) is 21.6 Å². The van der Waals surface area contributed by atoms with E-state index in [2.05, 4.69) is 9.48 Å². The average Bonchev–Trinajstić information content (AvgIpc) is 3.07. The first-order valence-electron chi connectivity index (χ1n) is 15.3. The predicted molar refractivity (Wildman–Crippen MR) is 190 cm³/mol. The fraction of sp³-hybridized carbons (Fsp3) is 0.162. The SMILES string of the molecule is CCN(Cc1ccccc1)c1ccc(C(C2=CC(=O)C(S(=O)(=O)[O-])=CC2=S(=O)(O)O)=C2C=CC(=[N+](CC)Cc3ccccc3)C=C2)cc1.[Na+]. The maximum atomic E-state index is 13.0. The van der Waals surface area contributed by atoms with Crippen LogP contribution >= 0.6 is 0 Å². The number of nitrogens with zero attached hydrogens (tertiary/aromatic N) is 2. The van der Waals surface area contributed by atoms with Gasteiger partial charge in [-0.1, -0.05) is 72.8 Å². The molecule has 0 fully saturated rings. The van der Waals surface area contributed by atoms with Crippen LogP contribution in [0, 0.1) is 0 Å². The van der Waals surface area contributed by atoms with Crippen LogP contribution in [0.2, 0.25) is 0 Å². The maximum absolute atomic E-state index is 13.0. The zero-order chi connectivity index (χ0) is 34.5. The first kappa shape index (κ1) is 38.2. The Morgan fingerprint density at radius 3 is 1.88 bits per heavy atom. The van der Waals surface area contributed by atoms with Gasteiger partial charge in [-0.15, -0.1) is 0 Å². The zero-order valence-electron chi connectivity index (χ0n) is 27.5. The van der Waals surface area contributed by atoms with E-state index in [1.807, 2.05) is 98.8 Å². The zero-order valence-corrected chi connectivity index (χ0v) is 31.2. The molecule has 0 bridgehead atoms. The third kappa shape index (κ3) is 9.33. The van der Waals surface area contributed by atoms with Gasteiger partial charge in [0, 0.05) is 42.1 Å². The van der Waals surface area contributed by atoms with Crippen LogP contribution in [0.1, 0.15) is 30.5 Å². The van der Waals surface area contributed by atoms with Crippen molar-refractivity contribution in [3.8, 4) is 0 Å². The van der Waals surface area contributed by atoms with E-state index in [9.17, 15) is 31.1 Å². The second kappa shape index (κ2) is 16.4. The molecule has 2 N–H and O–H groups in total. The summed E-state index contributed by atoms with van der Waals surface area (Å²) in [5, 5.41) is 0. The molecule has 12 heteroatoms. The van der Waals surface area contributed by atoms with Gasteiger partial charge in [0.25, 0.3) is 0 Å². The summed E-state index contributed by atoms with van der Waals surface area (Å²) in [7, 11) is -10.2. The monoisotopic (exact) mass is 707 g/mol. The Kier molecular flexibility index (Phi) is 12.7. The van der Waals surface area contributed by atoms with Crippen molar-refractivity contribution in [1.29, 1.82) is 0 Å². The van der Waals surface area contributed by atoms with Crippen molar-refractivity contribution >= 4 is 47.8 Å². The van der Waals surface area contributed by atoms with Gasteiger partial charge in [-0.2, -0.15) is 0 Å². The number of hydrogen-bond acceptors (Lipinski definition) is 6. The molecule has 0 saturated carbocycles. The van der Waals surface area contributed by atoms with Crippen molar-refractivity contribution in [2.45, 2.75) is 26.9 Å². The summed E-state index contributed by atoms with van der Waals surface area (Å²) in [6.07, 6.45) is 8.69. The Morgan fingerprint density at radius 2 is 1.37 bits per heavy atom. The minimum Gasteiger partial charge on any atom is -0.744 e. The van der Waals surface area contributed by atoms with E-state index in [4.69, 9.17) is 0 Å². The first-order valence-corrected chi connectivity index (χ1v) is 18.2. The van der Waals surface area contributed by atoms with E-state index in [1.54, 1.807) is 24.3 Å². The molecule has 0 amide bonds. The molecular weight excluding hydrogens is 672 g/mol. The maximum Gasteiger partial charge on any atom is 1.00 e. The Morgan fingerprint density at radius 1 is 0.796 bits per heavy atom. The Labute approximate surface area is 310 Å². The van der Waals surface area contributed by atoms with Crippen molar-refractivity contribution < 1.29 is 65.2 Å². The van der Waals surface area contributed by atoms with Crippen LogP contribution in [-0.2, 0) is 38.1 Å². The van der Waals surface area contributed by atoms with E-state index in [0.717, 1.165) is 41.7 Å². The number of rotatable bonds is 10. The van der Waals surface area contributed by atoms with Crippen LogP contribution in [0.25, 0.3) is 5.57 Å². The van der Waals surface area contributed by atoms with E-state index >= 15 is 0 Å². The van der Waals surface area contributed by atoms with Crippen molar-refractivity contribution in [1.82, 2.24) is 0 Å². The standard InChI is InChI=1S/C37H36N2O7S2.Na/c1-3-38(25-27-11-7-5-8-12-27)31-19-15-29(16-20-31)37(33-23-34(40)36(48(44,45)46)24-35(33)47(41,42)43)30-17-21-32(22-18-30)39(4-2)26-28-13-9-6-10-14-28;/h5-24H,3-4,25-26H2,1-2H3,(H2-,40,41,42,43,44,45,46);/q;+1. The smallest absolute Gasteiger partial charge is 0.744 e. The minimum atomic E-state index is -5.31. The molecule has 0 unspecified atom stereocenters. The minimum absolute atomic E-state index is 0. The van der Waals surface area contributed by atoms with Crippen LogP contribution in [-0.4, -0.2) is 60.3 Å². The number of allylic oxidation sites excluding steroid dienone is 10. The van der Waals surface area contributed by atoms with E-state index in [1.165, 1.54) is 0 Å². The number of carbonyl (C=O) groups excluding carboxylic acids is 1. The molecule has 0 heterocycles. The molecule has 0 spiro atoms. The molecule has 3 aromatic carbocycles. The van der Waals surface area contributed by atoms with E-state index < -0.39 is 35.8 Å². The van der Waals surface area contributed by atoms with Crippen LogP contribution < -0.4 is 34.5 Å². The van der Waals surface area contributed by atoms with E-state index in [0.29, 0.717) is 35.9 Å². The third-order valence-electron chi connectivity index (χ3n) is 8.11. The summed E-state index contributed by atoms with van der Waals surface area (Å²) in [5.41, 5.74) is 5.26.